The Hall–Kier alpha value is -1.38. The fourth-order valence-corrected chi connectivity index (χ4v) is 1.69. The van der Waals surface area contributed by atoms with E-state index in [1.165, 1.54) is 0 Å². The maximum atomic E-state index is 11.9. The number of pyridine rings is 1. The number of nitrogens with one attached hydrogen (secondary N) is 1. The summed E-state index contributed by atoms with van der Waals surface area (Å²) in [5, 5.41) is 2.95. The smallest absolute Gasteiger partial charge is 0.224 e. The maximum absolute atomic E-state index is 11.9. The molecule has 0 aliphatic carbocycles. The van der Waals surface area contributed by atoms with E-state index in [0.717, 1.165) is 11.3 Å². The van der Waals surface area contributed by atoms with Crippen LogP contribution in [0.4, 0.5) is 5.69 Å². The first-order chi connectivity index (χ1) is 7.79. The largest absolute Gasteiger partial charge is 0.324 e. The second-order valence-corrected chi connectivity index (χ2v) is 5.90. The number of hydrogen-bond acceptors (Lipinski definition) is 2. The summed E-state index contributed by atoms with van der Waals surface area (Å²) in [4.78, 5) is 15.9. The zero-order valence-corrected chi connectivity index (χ0v) is 11.4. The van der Waals surface area contributed by atoms with Gasteiger partial charge in [-0.3, -0.25) is 9.78 Å². The van der Waals surface area contributed by atoms with Crippen LogP contribution in [0, 0.1) is 5.41 Å². The molecule has 1 amide bonds. The van der Waals surface area contributed by atoms with E-state index in [0.29, 0.717) is 12.3 Å². The van der Waals surface area contributed by atoms with E-state index in [9.17, 15) is 4.79 Å². The van der Waals surface area contributed by atoms with Crippen LogP contribution in [0.25, 0.3) is 0 Å². The molecule has 1 aromatic heterocycles. The summed E-state index contributed by atoms with van der Waals surface area (Å²) in [6, 6.07) is 1.96. The molecule has 0 unspecified atom stereocenters. The van der Waals surface area contributed by atoms with Crippen molar-refractivity contribution < 1.29 is 4.79 Å². The van der Waals surface area contributed by atoms with Gasteiger partial charge in [-0.1, -0.05) is 34.6 Å². The highest BCUT2D eigenvalue weighted by molar-refractivity contribution is 5.91. The third kappa shape index (κ3) is 4.55. The molecule has 0 saturated carbocycles. The average Bonchev–Trinajstić information content (AvgIpc) is 2.14. The van der Waals surface area contributed by atoms with Crippen molar-refractivity contribution >= 4 is 11.6 Å². The molecule has 17 heavy (non-hydrogen) atoms. The lowest BCUT2D eigenvalue weighted by Crippen LogP contribution is -2.20. The lowest BCUT2D eigenvalue weighted by molar-refractivity contribution is -0.117. The van der Waals surface area contributed by atoms with Gasteiger partial charge in [0.2, 0.25) is 5.91 Å². The van der Waals surface area contributed by atoms with Crippen molar-refractivity contribution in [1.29, 1.82) is 0 Å². The van der Waals surface area contributed by atoms with Crippen LogP contribution >= 0.6 is 0 Å². The van der Waals surface area contributed by atoms with Crippen molar-refractivity contribution in [2.45, 2.75) is 47.0 Å². The number of anilines is 1. The minimum Gasteiger partial charge on any atom is -0.324 e. The highest BCUT2D eigenvalue weighted by Gasteiger charge is 2.17. The van der Waals surface area contributed by atoms with E-state index in [1.54, 1.807) is 12.4 Å². The van der Waals surface area contributed by atoms with Gasteiger partial charge in [0.1, 0.15) is 0 Å². The molecule has 94 valence electrons. The topological polar surface area (TPSA) is 42.0 Å². The maximum Gasteiger partial charge on any atom is 0.224 e. The van der Waals surface area contributed by atoms with E-state index < -0.39 is 0 Å². The minimum absolute atomic E-state index is 0.00425. The van der Waals surface area contributed by atoms with Crippen molar-refractivity contribution in [1.82, 2.24) is 4.98 Å². The number of aromatic nitrogens is 1. The first-order valence-corrected chi connectivity index (χ1v) is 6.03. The molecule has 1 rings (SSSR count). The van der Waals surface area contributed by atoms with Gasteiger partial charge in [-0.25, -0.2) is 0 Å². The molecule has 0 bridgehead atoms. The minimum atomic E-state index is 0.00425. The number of rotatable bonds is 3. The quantitative estimate of drug-likeness (QED) is 0.868. The van der Waals surface area contributed by atoms with Gasteiger partial charge in [-0.15, -0.1) is 0 Å². The van der Waals surface area contributed by atoms with Crippen molar-refractivity contribution in [2.75, 3.05) is 5.32 Å². The van der Waals surface area contributed by atoms with Crippen LogP contribution in [-0.2, 0) is 4.79 Å². The highest BCUT2D eigenvalue weighted by Crippen LogP contribution is 2.24. The zero-order chi connectivity index (χ0) is 13.1. The first-order valence-electron chi connectivity index (χ1n) is 6.03. The molecule has 0 aliphatic rings. The molecule has 0 spiro atoms. The van der Waals surface area contributed by atoms with Gasteiger partial charge in [-0.2, -0.15) is 0 Å². The molecule has 1 N–H and O–H groups in total. The molecule has 0 aromatic carbocycles. The fraction of sp³-hybridized carbons (Fsp3) is 0.571. The second-order valence-electron chi connectivity index (χ2n) is 5.90. The van der Waals surface area contributed by atoms with E-state index in [1.807, 2.05) is 6.07 Å². The van der Waals surface area contributed by atoms with E-state index in [2.05, 4.69) is 44.9 Å². The number of amides is 1. The lowest BCUT2D eigenvalue weighted by Gasteiger charge is -2.18. The summed E-state index contributed by atoms with van der Waals surface area (Å²) in [5.74, 6) is 0.426. The standard InChI is InChI=1S/C14H22N2O/c1-10(2)11-6-7-15-9-12(11)16-13(17)8-14(3,4)5/h6-7,9-10H,8H2,1-5H3,(H,16,17). The molecule has 3 nitrogen and oxygen atoms in total. The summed E-state index contributed by atoms with van der Waals surface area (Å²) >= 11 is 0. The van der Waals surface area contributed by atoms with Crippen molar-refractivity contribution in [3.05, 3.63) is 24.0 Å². The summed E-state index contributed by atoms with van der Waals surface area (Å²) < 4.78 is 0. The Morgan fingerprint density at radius 1 is 1.41 bits per heavy atom. The Morgan fingerprint density at radius 2 is 2.06 bits per heavy atom. The Balaban J connectivity index is 2.78. The summed E-state index contributed by atoms with van der Waals surface area (Å²) in [6.45, 7) is 10.4. The Kier molecular flexibility index (Phi) is 4.27. The Labute approximate surface area is 104 Å². The molecular weight excluding hydrogens is 212 g/mol. The predicted molar refractivity (Wildman–Crippen MR) is 71.0 cm³/mol. The van der Waals surface area contributed by atoms with Crippen LogP contribution in [0.5, 0.6) is 0 Å². The second kappa shape index (κ2) is 5.30. The predicted octanol–water partition coefficient (Wildman–Crippen LogP) is 3.58. The zero-order valence-electron chi connectivity index (χ0n) is 11.4. The number of nitrogens with zero attached hydrogens (tertiary/aromatic N) is 1. The molecule has 1 aromatic rings. The summed E-state index contributed by atoms with van der Waals surface area (Å²) in [7, 11) is 0. The van der Waals surface area contributed by atoms with Gasteiger partial charge < -0.3 is 5.32 Å². The van der Waals surface area contributed by atoms with Gasteiger partial charge in [0, 0.05) is 12.6 Å². The monoisotopic (exact) mass is 234 g/mol. The molecule has 0 atom stereocenters. The Morgan fingerprint density at radius 3 is 2.59 bits per heavy atom. The SMILES string of the molecule is CC(C)c1ccncc1NC(=O)CC(C)(C)C. The Bertz CT molecular complexity index is 391. The van der Waals surface area contributed by atoms with Crippen LogP contribution in [0.15, 0.2) is 18.5 Å². The number of carbonyl (C=O) groups excluding carboxylic acids is 1. The van der Waals surface area contributed by atoms with Gasteiger partial charge in [0.25, 0.3) is 0 Å². The molecule has 0 aliphatic heterocycles. The van der Waals surface area contributed by atoms with Gasteiger partial charge in [0.05, 0.1) is 11.9 Å². The van der Waals surface area contributed by atoms with E-state index >= 15 is 0 Å². The summed E-state index contributed by atoms with van der Waals surface area (Å²) in [6.07, 6.45) is 3.99. The van der Waals surface area contributed by atoms with E-state index in [-0.39, 0.29) is 11.3 Å². The van der Waals surface area contributed by atoms with Crippen molar-refractivity contribution in [3.8, 4) is 0 Å². The van der Waals surface area contributed by atoms with Crippen molar-refractivity contribution in [3.63, 3.8) is 0 Å². The molecule has 0 radical (unpaired) electrons. The number of carbonyl (C=O) groups is 1. The molecule has 3 heteroatoms. The normalized spacial score (nSPS) is 11.6. The van der Waals surface area contributed by atoms with Gasteiger partial charge in [0.15, 0.2) is 0 Å². The van der Waals surface area contributed by atoms with Crippen LogP contribution in [-0.4, -0.2) is 10.9 Å². The lowest BCUT2D eigenvalue weighted by atomic mass is 9.92. The van der Waals surface area contributed by atoms with Crippen molar-refractivity contribution in [2.24, 2.45) is 5.41 Å². The van der Waals surface area contributed by atoms with Crippen LogP contribution in [0.2, 0.25) is 0 Å². The van der Waals surface area contributed by atoms with Gasteiger partial charge >= 0.3 is 0 Å². The van der Waals surface area contributed by atoms with Crippen LogP contribution in [0.1, 0.15) is 52.5 Å². The highest BCUT2D eigenvalue weighted by atomic mass is 16.1. The number of hydrogen-bond donors (Lipinski definition) is 1. The molecule has 0 saturated heterocycles. The third-order valence-electron chi connectivity index (χ3n) is 2.44. The van der Waals surface area contributed by atoms with Crippen LogP contribution < -0.4 is 5.32 Å². The summed E-state index contributed by atoms with van der Waals surface area (Å²) in [5.41, 5.74) is 1.96. The fourth-order valence-electron chi connectivity index (χ4n) is 1.69. The molecule has 1 heterocycles. The van der Waals surface area contributed by atoms with Crippen LogP contribution in [0.3, 0.4) is 0 Å². The molecular formula is C14H22N2O. The average molecular weight is 234 g/mol. The first kappa shape index (κ1) is 13.7. The molecule has 0 fully saturated rings. The third-order valence-corrected chi connectivity index (χ3v) is 2.44. The van der Waals surface area contributed by atoms with Gasteiger partial charge in [-0.05, 0) is 23.0 Å². The van der Waals surface area contributed by atoms with E-state index in [4.69, 9.17) is 0 Å².